The van der Waals surface area contributed by atoms with Crippen LogP contribution in [0.1, 0.15) is 0 Å². The summed E-state index contributed by atoms with van der Waals surface area (Å²) in [6.45, 7) is 0. The maximum Gasteiger partial charge on any atom is 0.164 e. The third kappa shape index (κ3) is 5.12. The smallest absolute Gasteiger partial charge is 0.164 e. The molecular formula is C46H26N4OS2. The zero-order valence-corrected chi connectivity index (χ0v) is 29.7. The Morgan fingerprint density at radius 1 is 0.377 bits per heavy atom. The van der Waals surface area contributed by atoms with Crippen molar-refractivity contribution >= 4 is 75.0 Å². The summed E-state index contributed by atoms with van der Waals surface area (Å²) >= 11 is 3.52. The Morgan fingerprint density at radius 2 is 1.08 bits per heavy atom. The Bertz CT molecular complexity index is 3160. The van der Waals surface area contributed by atoms with E-state index in [1.807, 2.05) is 60.7 Å². The maximum atomic E-state index is 6.26. The normalized spacial score (nSPS) is 11.8. The molecule has 0 saturated heterocycles. The summed E-state index contributed by atoms with van der Waals surface area (Å²) in [4.78, 5) is 20.3. The lowest BCUT2D eigenvalue weighted by Gasteiger charge is -2.10. The second-order valence-electron chi connectivity index (χ2n) is 13.0. The van der Waals surface area contributed by atoms with Crippen LogP contribution in [-0.2, 0) is 0 Å². The predicted octanol–water partition coefficient (Wildman–Crippen LogP) is 13.1. The first kappa shape index (κ1) is 30.1. The molecule has 5 nitrogen and oxygen atoms in total. The predicted molar refractivity (Wildman–Crippen MR) is 220 cm³/mol. The van der Waals surface area contributed by atoms with Crippen molar-refractivity contribution in [2.24, 2.45) is 0 Å². The molecule has 0 radical (unpaired) electrons. The van der Waals surface area contributed by atoms with Gasteiger partial charge in [-0.3, -0.25) is 0 Å². The van der Waals surface area contributed by atoms with Gasteiger partial charge in [-0.05, 0) is 65.7 Å². The SMILES string of the molecule is c1ccc(-c2nc(-c3ccc4c(c3)oc3ccccc34)nc(-c3cccc4sc5ccc(-c6cccc(-c7nc8ccccc8s7)c6)cc5c34)n2)cc1. The van der Waals surface area contributed by atoms with Gasteiger partial charge in [-0.25, -0.2) is 19.9 Å². The molecule has 7 heteroatoms. The van der Waals surface area contributed by atoms with Crippen molar-refractivity contribution in [1.29, 1.82) is 0 Å². The molecule has 4 aromatic heterocycles. The molecule has 248 valence electrons. The second kappa shape index (κ2) is 12.0. The van der Waals surface area contributed by atoms with Gasteiger partial charge >= 0.3 is 0 Å². The number of fused-ring (bicyclic) bond motifs is 7. The van der Waals surface area contributed by atoms with Crippen LogP contribution in [0.3, 0.4) is 0 Å². The molecular weight excluding hydrogens is 689 g/mol. The van der Waals surface area contributed by atoms with Gasteiger partial charge in [0.1, 0.15) is 16.2 Å². The van der Waals surface area contributed by atoms with E-state index in [-0.39, 0.29) is 0 Å². The maximum absolute atomic E-state index is 6.26. The molecule has 0 atom stereocenters. The second-order valence-corrected chi connectivity index (χ2v) is 15.2. The lowest BCUT2D eigenvalue weighted by Crippen LogP contribution is -2.00. The molecule has 53 heavy (non-hydrogen) atoms. The largest absolute Gasteiger partial charge is 0.456 e. The molecule has 0 bridgehead atoms. The quantitative estimate of drug-likeness (QED) is 0.178. The molecule has 0 saturated carbocycles. The summed E-state index contributed by atoms with van der Waals surface area (Å²) in [6, 6.07) is 54.6. The summed E-state index contributed by atoms with van der Waals surface area (Å²) in [7, 11) is 0. The van der Waals surface area contributed by atoms with Crippen LogP contribution < -0.4 is 0 Å². The molecule has 4 heterocycles. The van der Waals surface area contributed by atoms with E-state index in [9.17, 15) is 0 Å². The summed E-state index contributed by atoms with van der Waals surface area (Å²) < 4.78 is 9.85. The fourth-order valence-electron chi connectivity index (χ4n) is 7.23. The number of furan rings is 1. The lowest BCUT2D eigenvalue weighted by atomic mass is 9.99. The van der Waals surface area contributed by atoms with Crippen LogP contribution in [0.25, 0.3) is 108 Å². The number of rotatable bonds is 5. The van der Waals surface area contributed by atoms with Crippen molar-refractivity contribution < 1.29 is 4.42 Å². The van der Waals surface area contributed by atoms with E-state index in [2.05, 4.69) is 97.1 Å². The Morgan fingerprint density at radius 3 is 2.00 bits per heavy atom. The summed E-state index contributed by atoms with van der Waals surface area (Å²) in [5.41, 5.74) is 8.88. The molecule has 7 aromatic carbocycles. The number of thiophene rings is 1. The first-order valence-corrected chi connectivity index (χ1v) is 19.0. The van der Waals surface area contributed by atoms with Crippen molar-refractivity contribution in [3.63, 3.8) is 0 Å². The van der Waals surface area contributed by atoms with Crippen LogP contribution in [0.2, 0.25) is 0 Å². The molecule has 0 fully saturated rings. The highest BCUT2D eigenvalue weighted by molar-refractivity contribution is 7.26. The Labute approximate surface area is 311 Å². The fourth-order valence-corrected chi connectivity index (χ4v) is 9.30. The minimum Gasteiger partial charge on any atom is -0.456 e. The van der Waals surface area contributed by atoms with Gasteiger partial charge in [-0.15, -0.1) is 22.7 Å². The van der Waals surface area contributed by atoms with Crippen LogP contribution in [0.4, 0.5) is 0 Å². The highest BCUT2D eigenvalue weighted by Crippen LogP contribution is 2.42. The van der Waals surface area contributed by atoms with E-state index in [1.54, 1.807) is 22.7 Å². The minimum atomic E-state index is 0.597. The number of para-hydroxylation sites is 2. The number of benzene rings is 7. The van der Waals surface area contributed by atoms with Gasteiger partial charge in [-0.2, -0.15) is 0 Å². The van der Waals surface area contributed by atoms with Crippen LogP contribution in [0, 0.1) is 0 Å². The van der Waals surface area contributed by atoms with E-state index in [0.29, 0.717) is 17.5 Å². The van der Waals surface area contributed by atoms with E-state index < -0.39 is 0 Å². The van der Waals surface area contributed by atoms with E-state index in [1.165, 1.54) is 19.5 Å². The van der Waals surface area contributed by atoms with Crippen molar-refractivity contribution in [3.05, 3.63) is 158 Å². The monoisotopic (exact) mass is 714 g/mol. The average Bonchev–Trinajstić information content (AvgIpc) is 3.94. The summed E-state index contributed by atoms with van der Waals surface area (Å²) in [6.07, 6.45) is 0. The minimum absolute atomic E-state index is 0.597. The van der Waals surface area contributed by atoms with E-state index >= 15 is 0 Å². The molecule has 11 rings (SSSR count). The van der Waals surface area contributed by atoms with Crippen molar-refractivity contribution in [3.8, 4) is 55.9 Å². The molecule has 11 aromatic rings. The van der Waals surface area contributed by atoms with Crippen LogP contribution in [-0.4, -0.2) is 19.9 Å². The van der Waals surface area contributed by atoms with Crippen LogP contribution in [0.5, 0.6) is 0 Å². The average molecular weight is 715 g/mol. The number of hydrogen-bond donors (Lipinski definition) is 0. The highest BCUT2D eigenvalue weighted by atomic mass is 32.1. The number of aromatic nitrogens is 4. The van der Waals surface area contributed by atoms with Crippen LogP contribution >= 0.6 is 22.7 Å². The molecule has 0 N–H and O–H groups in total. The standard InChI is InChI=1S/C46H26N4OS2/c1-2-10-27(11-3-1)43-48-44(30-20-22-33-32-14-4-6-17-37(32)51-38(33)26-30)50-45(49-43)34-15-9-19-41-42(34)35-25-29(21-23-39(35)52-41)28-12-8-13-31(24-28)46-47-36-16-5-7-18-40(36)53-46/h1-26H. The Hall–Kier alpha value is -6.54. The third-order valence-corrected chi connectivity index (χ3v) is 12.0. The summed E-state index contributed by atoms with van der Waals surface area (Å²) in [5.74, 6) is 1.85. The molecule has 0 unspecified atom stereocenters. The Kier molecular flexibility index (Phi) is 6.83. The molecule has 0 aliphatic rings. The zero-order chi connectivity index (χ0) is 34.9. The number of nitrogens with zero attached hydrogens (tertiary/aromatic N) is 4. The van der Waals surface area contributed by atoms with Gasteiger partial charge in [0.25, 0.3) is 0 Å². The van der Waals surface area contributed by atoms with Crippen molar-refractivity contribution in [2.45, 2.75) is 0 Å². The first-order chi connectivity index (χ1) is 26.2. The van der Waals surface area contributed by atoms with E-state index in [0.717, 1.165) is 71.2 Å². The Balaban J connectivity index is 1.07. The van der Waals surface area contributed by atoms with Gasteiger partial charge < -0.3 is 4.42 Å². The van der Waals surface area contributed by atoms with Gasteiger partial charge in [0, 0.05) is 53.2 Å². The topological polar surface area (TPSA) is 64.7 Å². The fraction of sp³-hybridized carbons (Fsp3) is 0. The highest BCUT2D eigenvalue weighted by Gasteiger charge is 2.19. The molecule has 0 spiro atoms. The van der Waals surface area contributed by atoms with Crippen molar-refractivity contribution in [2.75, 3.05) is 0 Å². The lowest BCUT2D eigenvalue weighted by molar-refractivity contribution is 0.669. The van der Waals surface area contributed by atoms with Gasteiger partial charge in [0.15, 0.2) is 17.5 Å². The van der Waals surface area contributed by atoms with Crippen molar-refractivity contribution in [1.82, 2.24) is 19.9 Å². The summed E-state index contributed by atoms with van der Waals surface area (Å²) in [5, 5.41) is 5.50. The van der Waals surface area contributed by atoms with Gasteiger partial charge in [-0.1, -0.05) is 103 Å². The molecule has 0 amide bonds. The number of hydrogen-bond acceptors (Lipinski definition) is 7. The van der Waals surface area contributed by atoms with Crippen LogP contribution in [0.15, 0.2) is 162 Å². The zero-order valence-electron chi connectivity index (χ0n) is 28.0. The molecule has 0 aliphatic heterocycles. The van der Waals surface area contributed by atoms with Gasteiger partial charge in [0.2, 0.25) is 0 Å². The first-order valence-electron chi connectivity index (χ1n) is 17.4. The van der Waals surface area contributed by atoms with Gasteiger partial charge in [0.05, 0.1) is 10.2 Å². The third-order valence-electron chi connectivity index (χ3n) is 9.78. The molecule has 0 aliphatic carbocycles. The number of thiazole rings is 1. The van der Waals surface area contributed by atoms with E-state index in [4.69, 9.17) is 24.4 Å².